The maximum Gasteiger partial charge on any atom is 0.417 e. The summed E-state index contributed by atoms with van der Waals surface area (Å²) in [4.78, 5) is -0.252. The average Bonchev–Trinajstić information content (AvgIpc) is 2.35. The summed E-state index contributed by atoms with van der Waals surface area (Å²) in [7, 11) is 0. The van der Waals surface area contributed by atoms with Gasteiger partial charge in [-0.05, 0) is 36.1 Å². The molecule has 1 atom stereocenters. The van der Waals surface area contributed by atoms with E-state index >= 15 is 0 Å². The molecule has 0 spiro atoms. The van der Waals surface area contributed by atoms with E-state index in [0.717, 1.165) is 11.8 Å². The van der Waals surface area contributed by atoms with Gasteiger partial charge in [0.05, 0.1) is 5.56 Å². The molecule has 0 fully saturated rings. The first kappa shape index (κ1) is 17.1. The first-order valence-electron chi connectivity index (χ1n) is 5.99. The highest BCUT2D eigenvalue weighted by Crippen LogP contribution is 2.33. The lowest BCUT2D eigenvalue weighted by Crippen LogP contribution is -2.19. The Labute approximate surface area is 126 Å². The van der Waals surface area contributed by atoms with E-state index in [4.69, 9.17) is 18.0 Å². The van der Waals surface area contributed by atoms with Gasteiger partial charge in [0, 0.05) is 17.8 Å². The lowest BCUT2D eigenvalue weighted by atomic mass is 10.1. The van der Waals surface area contributed by atoms with Crippen molar-refractivity contribution in [2.45, 2.75) is 13.1 Å². The predicted octanol–water partition coefficient (Wildman–Crippen LogP) is 3.75. The number of benzene rings is 1. The standard InChI is InChI=1S/C13H17F3N2S2/c1-8(7-20-2)6-18-9-3-4-11(13(14,15)16)10(5-9)12(17)19/h3-5,8,18H,6-7H2,1-2H3,(H2,17,19). The molecule has 0 amide bonds. The van der Waals surface area contributed by atoms with Crippen molar-refractivity contribution in [2.75, 3.05) is 23.9 Å². The van der Waals surface area contributed by atoms with Crippen LogP contribution in [0.5, 0.6) is 0 Å². The molecule has 1 aromatic carbocycles. The number of rotatable bonds is 6. The highest BCUT2D eigenvalue weighted by atomic mass is 32.2. The Morgan fingerprint density at radius 2 is 2.10 bits per heavy atom. The Morgan fingerprint density at radius 1 is 1.45 bits per heavy atom. The summed E-state index contributed by atoms with van der Waals surface area (Å²) in [6.45, 7) is 2.75. The summed E-state index contributed by atoms with van der Waals surface area (Å²) < 4.78 is 38.4. The highest BCUT2D eigenvalue weighted by molar-refractivity contribution is 7.98. The highest BCUT2D eigenvalue weighted by Gasteiger charge is 2.34. The van der Waals surface area contributed by atoms with Crippen LogP contribution in [0.2, 0.25) is 0 Å². The van der Waals surface area contributed by atoms with Gasteiger partial charge in [-0.1, -0.05) is 19.1 Å². The molecule has 0 saturated heterocycles. The summed E-state index contributed by atoms with van der Waals surface area (Å²) >= 11 is 6.43. The van der Waals surface area contributed by atoms with Gasteiger partial charge in [-0.3, -0.25) is 0 Å². The molecule has 2 nitrogen and oxygen atoms in total. The van der Waals surface area contributed by atoms with Gasteiger partial charge in [0.15, 0.2) is 0 Å². The quantitative estimate of drug-likeness (QED) is 0.782. The van der Waals surface area contributed by atoms with Crippen LogP contribution in [0, 0.1) is 5.92 Å². The van der Waals surface area contributed by atoms with Gasteiger partial charge < -0.3 is 11.1 Å². The summed E-state index contributed by atoms with van der Waals surface area (Å²) in [5, 5.41) is 3.11. The lowest BCUT2D eigenvalue weighted by molar-refractivity contribution is -0.137. The zero-order valence-corrected chi connectivity index (χ0v) is 12.9. The van der Waals surface area contributed by atoms with Gasteiger partial charge in [0.2, 0.25) is 0 Å². The predicted molar refractivity (Wildman–Crippen MR) is 83.4 cm³/mol. The Bertz CT molecular complexity index is 475. The van der Waals surface area contributed by atoms with Crippen LogP contribution in [0.1, 0.15) is 18.1 Å². The van der Waals surface area contributed by atoms with Crippen molar-refractivity contribution in [1.82, 2.24) is 0 Å². The number of anilines is 1. The van der Waals surface area contributed by atoms with Crippen molar-refractivity contribution in [2.24, 2.45) is 11.7 Å². The van der Waals surface area contributed by atoms with E-state index in [2.05, 4.69) is 12.2 Å². The summed E-state index contributed by atoms with van der Waals surface area (Å²) in [6.07, 6.45) is -2.44. The minimum absolute atomic E-state index is 0.144. The molecule has 3 N–H and O–H groups in total. The second kappa shape index (κ2) is 7.17. The third kappa shape index (κ3) is 4.86. The largest absolute Gasteiger partial charge is 0.417 e. The first-order chi connectivity index (χ1) is 9.25. The molecule has 1 rings (SSSR count). The number of thioether (sulfide) groups is 1. The zero-order valence-electron chi connectivity index (χ0n) is 11.3. The number of hydrogen-bond acceptors (Lipinski definition) is 3. The minimum Gasteiger partial charge on any atom is -0.389 e. The van der Waals surface area contributed by atoms with E-state index in [-0.39, 0.29) is 10.6 Å². The van der Waals surface area contributed by atoms with E-state index in [9.17, 15) is 13.2 Å². The summed E-state index contributed by atoms with van der Waals surface area (Å²) in [6, 6.07) is 3.77. The fourth-order valence-electron chi connectivity index (χ4n) is 1.74. The maximum absolute atomic E-state index is 12.8. The fourth-order valence-corrected chi connectivity index (χ4v) is 2.60. The second-order valence-corrected chi connectivity index (χ2v) is 5.91. The molecule has 1 aromatic rings. The Morgan fingerprint density at radius 3 is 2.60 bits per heavy atom. The molecule has 0 saturated carbocycles. The van der Waals surface area contributed by atoms with Crippen LogP contribution >= 0.6 is 24.0 Å². The molecule has 0 aromatic heterocycles. The van der Waals surface area contributed by atoms with E-state index in [1.165, 1.54) is 12.1 Å². The summed E-state index contributed by atoms with van der Waals surface area (Å²) in [5.41, 5.74) is 5.03. The minimum atomic E-state index is -4.45. The molecule has 1 unspecified atom stereocenters. The van der Waals surface area contributed by atoms with Gasteiger partial charge in [-0.15, -0.1) is 0 Å². The van der Waals surface area contributed by atoms with Crippen molar-refractivity contribution in [3.8, 4) is 0 Å². The Balaban J connectivity index is 2.91. The normalized spacial score (nSPS) is 13.1. The van der Waals surface area contributed by atoms with Gasteiger partial charge in [0.1, 0.15) is 4.99 Å². The topological polar surface area (TPSA) is 38.0 Å². The van der Waals surface area contributed by atoms with Crippen molar-refractivity contribution in [3.63, 3.8) is 0 Å². The molecule has 0 aliphatic carbocycles. The summed E-state index contributed by atoms with van der Waals surface area (Å²) in [5.74, 6) is 1.40. The monoisotopic (exact) mass is 322 g/mol. The molecule has 0 aliphatic heterocycles. The number of alkyl halides is 3. The van der Waals surface area contributed by atoms with Crippen LogP contribution in [0.4, 0.5) is 18.9 Å². The van der Waals surface area contributed by atoms with Gasteiger partial charge in [-0.2, -0.15) is 24.9 Å². The molecular formula is C13H17F3N2S2. The third-order valence-electron chi connectivity index (χ3n) is 2.70. The number of hydrogen-bond donors (Lipinski definition) is 2. The zero-order chi connectivity index (χ0) is 15.3. The van der Waals surface area contributed by atoms with Crippen LogP contribution in [-0.2, 0) is 6.18 Å². The van der Waals surface area contributed by atoms with E-state index in [1.807, 2.05) is 6.26 Å². The van der Waals surface area contributed by atoms with Crippen molar-refractivity contribution < 1.29 is 13.2 Å². The SMILES string of the molecule is CSCC(C)CNc1ccc(C(F)(F)F)c(C(N)=S)c1. The molecule has 7 heteroatoms. The molecule has 20 heavy (non-hydrogen) atoms. The van der Waals surface area contributed by atoms with E-state index in [0.29, 0.717) is 18.2 Å². The molecular weight excluding hydrogens is 305 g/mol. The van der Waals surface area contributed by atoms with Crippen LogP contribution in [0.15, 0.2) is 18.2 Å². The molecule has 0 radical (unpaired) electrons. The molecule has 0 bridgehead atoms. The molecule has 112 valence electrons. The van der Waals surface area contributed by atoms with E-state index in [1.54, 1.807) is 11.8 Å². The first-order valence-corrected chi connectivity index (χ1v) is 7.79. The van der Waals surface area contributed by atoms with Crippen molar-refractivity contribution in [1.29, 1.82) is 0 Å². The maximum atomic E-state index is 12.8. The number of halogens is 3. The fraction of sp³-hybridized carbons (Fsp3) is 0.462. The van der Waals surface area contributed by atoms with Crippen LogP contribution in [0.3, 0.4) is 0 Å². The van der Waals surface area contributed by atoms with E-state index < -0.39 is 11.7 Å². The van der Waals surface area contributed by atoms with Gasteiger partial charge >= 0.3 is 6.18 Å². The number of nitrogens with one attached hydrogen (secondary N) is 1. The van der Waals surface area contributed by atoms with Gasteiger partial charge in [-0.25, -0.2) is 0 Å². The Kier molecular flexibility index (Phi) is 6.13. The number of thiocarbonyl (C=S) groups is 1. The smallest absolute Gasteiger partial charge is 0.389 e. The average molecular weight is 322 g/mol. The second-order valence-electron chi connectivity index (χ2n) is 4.56. The van der Waals surface area contributed by atoms with Crippen molar-refractivity contribution in [3.05, 3.63) is 29.3 Å². The van der Waals surface area contributed by atoms with Gasteiger partial charge in [0.25, 0.3) is 0 Å². The van der Waals surface area contributed by atoms with Crippen LogP contribution in [0.25, 0.3) is 0 Å². The lowest BCUT2D eigenvalue weighted by Gasteiger charge is -2.16. The molecule has 0 heterocycles. The van der Waals surface area contributed by atoms with Crippen molar-refractivity contribution >= 4 is 34.7 Å². The molecule has 0 aliphatic rings. The third-order valence-corrected chi connectivity index (χ3v) is 3.82. The van der Waals surface area contributed by atoms with Crippen LogP contribution in [-0.4, -0.2) is 23.5 Å². The van der Waals surface area contributed by atoms with Crippen LogP contribution < -0.4 is 11.1 Å². The Hall–Kier alpha value is -0.950. The number of nitrogens with two attached hydrogens (primary N) is 1.